The molecule has 3 aromatic heterocycles. The number of nitrogens with zero attached hydrogens (tertiary/aromatic N) is 5. The highest BCUT2D eigenvalue weighted by molar-refractivity contribution is 6.31. The minimum atomic E-state index is -4.49. The van der Waals surface area contributed by atoms with Gasteiger partial charge in [-0.3, -0.25) is 4.79 Å². The topological polar surface area (TPSA) is 102 Å². The molecule has 4 rings (SSSR count). The number of aromatic nitrogens is 4. The van der Waals surface area contributed by atoms with Gasteiger partial charge in [0.2, 0.25) is 5.91 Å². The van der Waals surface area contributed by atoms with Crippen molar-refractivity contribution in [2.45, 2.75) is 19.1 Å². The fourth-order valence-corrected chi connectivity index (χ4v) is 3.77. The second-order valence-corrected chi connectivity index (χ2v) is 8.61. The number of pyridine rings is 1. The average Bonchev–Trinajstić information content (AvgIpc) is 3.20. The number of carbonyl (C=O) groups excluding carboxylic acids is 1. The van der Waals surface area contributed by atoms with Gasteiger partial charge in [-0.2, -0.15) is 13.2 Å². The van der Waals surface area contributed by atoms with Gasteiger partial charge in [-0.25, -0.2) is 15.0 Å². The van der Waals surface area contributed by atoms with Gasteiger partial charge in [-0.05, 0) is 20.0 Å². The summed E-state index contributed by atoms with van der Waals surface area (Å²) in [4.78, 5) is 33.1. The number of alkyl halides is 3. The zero-order valence-electron chi connectivity index (χ0n) is 18.6. The lowest BCUT2D eigenvalue weighted by molar-refractivity contribution is -0.138. The molecule has 1 fully saturated rings. The molecule has 0 aliphatic carbocycles. The largest absolute Gasteiger partial charge is 0.405 e. The Bertz CT molecular complexity index is 1190. The number of fused-ring (bicyclic) bond motifs is 1. The van der Waals surface area contributed by atoms with Crippen molar-refractivity contribution < 1.29 is 22.2 Å². The molecule has 1 aliphatic rings. The number of likely N-dealkylation sites (N-methyl/N-ethyl adjacent to an activating group) is 1. The van der Waals surface area contributed by atoms with Crippen LogP contribution >= 0.6 is 11.6 Å². The molecule has 1 atom stereocenters. The maximum atomic E-state index is 12.5. The molecular formula is C21H30ClF3N8O. The van der Waals surface area contributed by atoms with Crippen molar-refractivity contribution in [3.8, 4) is 11.4 Å². The lowest BCUT2D eigenvalue weighted by Crippen LogP contribution is -2.45. The first-order chi connectivity index (χ1) is 16.1. The number of anilines is 2. The number of aromatic amines is 1. The Balaban J connectivity index is 0.00000228. The van der Waals surface area contributed by atoms with Gasteiger partial charge in [0.25, 0.3) is 0 Å². The van der Waals surface area contributed by atoms with Crippen molar-refractivity contribution in [2.75, 3.05) is 50.0 Å². The first kappa shape index (κ1) is 24.0. The van der Waals surface area contributed by atoms with Crippen LogP contribution in [0.4, 0.5) is 24.8 Å². The zero-order valence-corrected chi connectivity index (χ0v) is 19.3. The van der Waals surface area contributed by atoms with Crippen molar-refractivity contribution in [1.82, 2.24) is 30.2 Å². The predicted octanol–water partition coefficient (Wildman–Crippen LogP) is 3.64. The van der Waals surface area contributed by atoms with Crippen LogP contribution in [0.1, 0.15) is 11.2 Å². The van der Waals surface area contributed by atoms with Crippen LogP contribution in [-0.4, -0.2) is 82.7 Å². The summed E-state index contributed by atoms with van der Waals surface area (Å²) in [5.41, 5.74) is 1.28. The van der Waals surface area contributed by atoms with Crippen LogP contribution in [0.25, 0.3) is 22.4 Å². The van der Waals surface area contributed by atoms with Gasteiger partial charge in [-0.1, -0.05) is 11.6 Å². The predicted molar refractivity (Wildman–Crippen MR) is 130 cm³/mol. The molecule has 0 aromatic carbocycles. The SMILES string of the molecule is C[C@H](Nc1cc(N2CCN(C)CC2)nc(-c2c[nH]c3ncc(Cl)cc23)n1)C(=O)NCC(F)(F)F.[HH].[HH].[HH]. The van der Waals surface area contributed by atoms with Gasteiger partial charge in [0.05, 0.1) is 5.02 Å². The maximum Gasteiger partial charge on any atom is 0.405 e. The summed E-state index contributed by atoms with van der Waals surface area (Å²) in [6, 6.07) is 2.49. The summed E-state index contributed by atoms with van der Waals surface area (Å²) in [6.45, 7) is 3.27. The summed E-state index contributed by atoms with van der Waals surface area (Å²) in [6.07, 6.45) is -1.24. The van der Waals surface area contributed by atoms with E-state index in [9.17, 15) is 18.0 Å². The molecular weight excluding hydrogens is 473 g/mol. The van der Waals surface area contributed by atoms with E-state index in [1.54, 1.807) is 18.3 Å². The van der Waals surface area contributed by atoms with E-state index in [2.05, 4.69) is 30.1 Å². The van der Waals surface area contributed by atoms with E-state index >= 15 is 0 Å². The molecule has 1 saturated heterocycles. The van der Waals surface area contributed by atoms with Crippen LogP contribution in [0, 0.1) is 0 Å². The van der Waals surface area contributed by atoms with Gasteiger partial charge >= 0.3 is 6.18 Å². The van der Waals surface area contributed by atoms with Gasteiger partial charge in [0.15, 0.2) is 5.82 Å². The minimum absolute atomic E-state index is 0. The van der Waals surface area contributed by atoms with Crippen LogP contribution in [-0.2, 0) is 4.79 Å². The Morgan fingerprint density at radius 2 is 2.00 bits per heavy atom. The van der Waals surface area contributed by atoms with E-state index < -0.39 is 24.7 Å². The third-order valence-electron chi connectivity index (χ3n) is 5.50. The maximum absolute atomic E-state index is 12.5. The van der Waals surface area contributed by atoms with Crippen molar-refractivity contribution in [3.05, 3.63) is 29.5 Å². The Hall–Kier alpha value is -3.12. The Labute approximate surface area is 203 Å². The quantitative estimate of drug-likeness (QED) is 0.473. The molecule has 188 valence electrons. The Morgan fingerprint density at radius 1 is 1.26 bits per heavy atom. The number of hydrogen-bond acceptors (Lipinski definition) is 7. The number of halogens is 4. The fraction of sp³-hybridized carbons (Fsp3) is 0.429. The number of H-pyrrole nitrogens is 1. The second-order valence-electron chi connectivity index (χ2n) is 8.18. The highest BCUT2D eigenvalue weighted by Crippen LogP contribution is 2.30. The van der Waals surface area contributed by atoms with Crippen LogP contribution in [0.15, 0.2) is 24.5 Å². The molecule has 0 bridgehead atoms. The van der Waals surface area contributed by atoms with E-state index in [0.717, 1.165) is 31.6 Å². The lowest BCUT2D eigenvalue weighted by atomic mass is 10.2. The minimum Gasteiger partial charge on any atom is -0.358 e. The molecule has 0 spiro atoms. The molecule has 13 heteroatoms. The van der Waals surface area contributed by atoms with E-state index in [4.69, 9.17) is 16.6 Å². The normalized spacial score (nSPS) is 16.0. The zero-order chi connectivity index (χ0) is 24.5. The van der Waals surface area contributed by atoms with E-state index in [-0.39, 0.29) is 4.28 Å². The van der Waals surface area contributed by atoms with Crippen molar-refractivity contribution in [2.24, 2.45) is 0 Å². The number of amides is 1. The molecule has 0 radical (unpaired) electrons. The van der Waals surface area contributed by atoms with Gasteiger partial charge in [-0.15, -0.1) is 0 Å². The third kappa shape index (κ3) is 5.68. The average molecular weight is 503 g/mol. The van der Waals surface area contributed by atoms with Crippen molar-refractivity contribution >= 4 is 40.2 Å². The van der Waals surface area contributed by atoms with Crippen LogP contribution in [0.5, 0.6) is 0 Å². The number of piperazine rings is 1. The molecule has 9 nitrogen and oxygen atoms in total. The highest BCUT2D eigenvalue weighted by atomic mass is 35.5. The summed E-state index contributed by atoms with van der Waals surface area (Å²) in [7, 11) is 2.04. The standard InChI is InChI=1S/C21H24ClF3N8O.3H2/c1-12(20(34)28-11-21(23,24)25)29-16-8-17(33-5-3-32(2)4-6-33)31-19(30-16)15-10-27-18-14(15)7-13(22)9-26-18;;;/h7-10,12H,3-6,11H2,1-2H3,(H,26,27)(H,28,34)(H,29,30,31);3*1H/t12-;;;/m0.../s1. The van der Waals surface area contributed by atoms with E-state index in [1.165, 1.54) is 13.1 Å². The molecule has 3 aromatic rings. The van der Waals surface area contributed by atoms with Crippen LogP contribution in [0.3, 0.4) is 0 Å². The summed E-state index contributed by atoms with van der Waals surface area (Å²) in [5.74, 6) is 0.546. The first-order valence-electron chi connectivity index (χ1n) is 10.7. The molecule has 0 saturated carbocycles. The Kier molecular flexibility index (Phi) is 6.80. The second kappa shape index (κ2) is 9.63. The number of nitrogens with one attached hydrogen (secondary N) is 3. The summed E-state index contributed by atoms with van der Waals surface area (Å²) in [5, 5.41) is 5.98. The lowest BCUT2D eigenvalue weighted by Gasteiger charge is -2.33. The van der Waals surface area contributed by atoms with Gasteiger partial charge < -0.3 is 25.4 Å². The van der Waals surface area contributed by atoms with Crippen LogP contribution < -0.4 is 15.5 Å². The third-order valence-corrected chi connectivity index (χ3v) is 5.71. The first-order valence-corrected chi connectivity index (χ1v) is 11.0. The fourth-order valence-electron chi connectivity index (χ4n) is 3.62. The van der Waals surface area contributed by atoms with Gasteiger partial charge in [0, 0.05) is 59.9 Å². The Morgan fingerprint density at radius 3 is 2.71 bits per heavy atom. The molecule has 1 aliphatic heterocycles. The molecule has 0 unspecified atom stereocenters. The van der Waals surface area contributed by atoms with E-state index in [1.807, 2.05) is 12.4 Å². The van der Waals surface area contributed by atoms with Crippen molar-refractivity contribution in [1.29, 1.82) is 0 Å². The molecule has 34 heavy (non-hydrogen) atoms. The number of hydrogen-bond donors (Lipinski definition) is 3. The smallest absolute Gasteiger partial charge is 0.358 e. The molecule has 3 N–H and O–H groups in total. The van der Waals surface area contributed by atoms with Crippen LogP contribution in [0.2, 0.25) is 5.02 Å². The highest BCUT2D eigenvalue weighted by Gasteiger charge is 2.29. The summed E-state index contributed by atoms with van der Waals surface area (Å²) >= 11 is 6.13. The molecule has 1 amide bonds. The van der Waals surface area contributed by atoms with Crippen molar-refractivity contribution in [3.63, 3.8) is 0 Å². The number of carbonyl (C=O) groups is 1. The monoisotopic (exact) mass is 502 g/mol. The van der Waals surface area contributed by atoms with Gasteiger partial charge in [0.1, 0.15) is 29.9 Å². The number of rotatable bonds is 6. The molecule has 4 heterocycles. The summed E-state index contributed by atoms with van der Waals surface area (Å²) < 4.78 is 37.4. The van der Waals surface area contributed by atoms with E-state index in [0.29, 0.717) is 33.7 Å².